The van der Waals surface area contributed by atoms with Gasteiger partial charge in [0.15, 0.2) is 0 Å². The topological polar surface area (TPSA) is 26.3 Å². The average molecular weight is 736 g/mol. The molecule has 1 aliphatic heterocycles. The molecule has 7 heteroatoms. The Bertz CT molecular complexity index is 1640. The van der Waals surface area contributed by atoms with Gasteiger partial charge in [-0.3, -0.25) is 4.57 Å². The van der Waals surface area contributed by atoms with E-state index in [0.717, 1.165) is 42.0 Å². The maximum atomic E-state index is 14.2. The summed E-state index contributed by atoms with van der Waals surface area (Å²) in [6.07, 6.45) is 3.00. The molecule has 0 aromatic heterocycles. The Balaban J connectivity index is 0.000000201. The van der Waals surface area contributed by atoms with Gasteiger partial charge >= 0.3 is 0 Å². The van der Waals surface area contributed by atoms with Crippen molar-refractivity contribution in [1.82, 2.24) is 0 Å². The van der Waals surface area contributed by atoms with E-state index in [1.165, 1.54) is 52.5 Å². The summed E-state index contributed by atoms with van der Waals surface area (Å²) in [6.45, 7) is 9.19. The first kappa shape index (κ1) is 39.8. The van der Waals surface area contributed by atoms with Crippen molar-refractivity contribution in [2.24, 2.45) is 5.92 Å². The normalized spacial score (nSPS) is 15.4. The lowest BCUT2D eigenvalue weighted by atomic mass is 9.13. The minimum absolute atomic E-state index is 0.0290. The summed E-state index contributed by atoms with van der Waals surface area (Å²) in [5, 5.41) is 0. The average Bonchev–Trinajstić information content (AvgIpc) is 3.15. The Morgan fingerprint density at radius 3 is 1.48 bits per heavy atom. The summed E-state index contributed by atoms with van der Waals surface area (Å²) in [5.41, 5.74) is 6.16. The molecule has 1 fully saturated rings. The maximum Gasteiger partial charge on any atom is 0.258 e. The predicted octanol–water partition coefficient (Wildman–Crippen LogP) is 9.40. The van der Waals surface area contributed by atoms with E-state index < -0.39 is 12.7 Å². The van der Waals surface area contributed by atoms with Crippen LogP contribution in [0.1, 0.15) is 52.5 Å². The Morgan fingerprint density at radius 2 is 1.08 bits per heavy atom. The molecule has 0 spiro atoms. The van der Waals surface area contributed by atoms with E-state index in [1.54, 1.807) is 12.1 Å². The second-order valence-electron chi connectivity index (χ2n) is 15.0. The summed E-state index contributed by atoms with van der Waals surface area (Å²) in [7, 11) is 0. The van der Waals surface area contributed by atoms with Crippen LogP contribution < -0.4 is 21.9 Å². The van der Waals surface area contributed by atoms with E-state index in [1.807, 2.05) is 26.0 Å². The third kappa shape index (κ3) is 10.4. The van der Waals surface area contributed by atoms with Crippen LogP contribution in [-0.2, 0) is 15.6 Å². The number of hydrogen-bond donors (Lipinski definition) is 0. The highest BCUT2D eigenvalue weighted by molar-refractivity contribution is 8.56. The number of rotatable bonds is 14. The van der Waals surface area contributed by atoms with Gasteiger partial charge in [0.25, 0.3) is 6.57 Å². The third-order valence-electron chi connectivity index (χ3n) is 10.2. The molecule has 1 saturated heterocycles. The summed E-state index contributed by atoms with van der Waals surface area (Å²) < 4.78 is 34.3. The number of likely N-dealkylation sites (tertiary alicyclic amines) is 1. The second-order valence-corrected chi connectivity index (χ2v) is 19.9. The monoisotopic (exact) mass is 735 g/mol. The number of nitrogens with zero attached hydrogens (tertiary/aromatic N) is 1. The molecule has 0 aliphatic carbocycles. The molecule has 0 bridgehead atoms. The zero-order valence-electron chi connectivity index (χ0n) is 31.4. The highest BCUT2D eigenvalue weighted by Gasteiger charge is 2.34. The van der Waals surface area contributed by atoms with Crippen molar-refractivity contribution in [3.8, 4) is 0 Å². The van der Waals surface area contributed by atoms with Gasteiger partial charge < -0.3 is 9.01 Å². The summed E-state index contributed by atoms with van der Waals surface area (Å²) in [6, 6.07) is 50.7. The molecule has 1 unspecified atom stereocenters. The number of benzene rings is 5. The van der Waals surface area contributed by atoms with Crippen LogP contribution in [0.25, 0.3) is 0 Å². The van der Waals surface area contributed by atoms with Gasteiger partial charge in [-0.1, -0.05) is 165 Å². The van der Waals surface area contributed by atoms with E-state index in [9.17, 15) is 8.96 Å². The van der Waals surface area contributed by atoms with Crippen LogP contribution in [0.3, 0.4) is 0 Å². The fourth-order valence-corrected chi connectivity index (χ4v) is 13.5. The van der Waals surface area contributed by atoms with Crippen LogP contribution in [-0.4, -0.2) is 48.3 Å². The molecule has 3 nitrogen and oxygen atoms in total. The van der Waals surface area contributed by atoms with Gasteiger partial charge in [-0.05, 0) is 45.1 Å². The molecule has 0 N–H and O–H groups in total. The van der Waals surface area contributed by atoms with E-state index in [4.69, 9.17) is 4.52 Å². The molecule has 5 aromatic rings. The van der Waals surface area contributed by atoms with Crippen LogP contribution in [0.2, 0.25) is 0 Å². The smallest absolute Gasteiger partial charge is 0.258 e. The Kier molecular flexibility index (Phi) is 14.6. The number of piperidine rings is 1. The zero-order valence-corrected chi connectivity index (χ0v) is 33.2. The van der Waals surface area contributed by atoms with Gasteiger partial charge in [0.2, 0.25) is 0 Å². The van der Waals surface area contributed by atoms with Crippen molar-refractivity contribution in [2.75, 3.05) is 31.5 Å². The quantitative estimate of drug-likeness (QED) is 0.0646. The standard InChI is InChI=1S/C24H20B.C21H36FNO2PS/c1-5-13-21(14-6-1)25(22-15-7-2-8-16-22,23-17-9-3-10-18-23)24-19-11-4-12-20-24;1-18(2)17-26(24,25-19(3)4)27-15-14-23(12-8-5-9-13-23)16-20-10-6-7-11-21(20)22/h1-20H;6-7,10-11,18-19H,5,8-9,12-17H2,1-4H3/q-1;+1. The minimum Gasteiger partial charge on any atom is -0.319 e. The number of quaternary nitrogens is 1. The fourth-order valence-electron chi connectivity index (χ4n) is 8.02. The van der Waals surface area contributed by atoms with E-state index in [0.29, 0.717) is 12.1 Å². The molecular weight excluding hydrogens is 679 g/mol. The lowest BCUT2D eigenvalue weighted by molar-refractivity contribution is -0.943. The molecule has 0 radical (unpaired) electrons. The van der Waals surface area contributed by atoms with Gasteiger partial charge in [-0.2, -0.15) is 21.9 Å². The molecule has 6 rings (SSSR count). The molecule has 1 aliphatic rings. The SMILES string of the molecule is CC(C)CP(=O)(OC(C)C)SCC[N+]1(Cc2ccccc2F)CCCCC1.c1ccc([B-](c2ccccc2)(c2ccccc2)c2ccccc2)cc1. The van der Waals surface area contributed by atoms with Crippen LogP contribution >= 0.6 is 18.0 Å². The van der Waals surface area contributed by atoms with Crippen LogP contribution in [0.5, 0.6) is 0 Å². The fraction of sp³-hybridized carbons (Fsp3) is 0.333. The van der Waals surface area contributed by atoms with Crippen molar-refractivity contribution in [1.29, 1.82) is 0 Å². The molecular formula is C45H56BFNO2PS. The molecule has 5 aromatic carbocycles. The van der Waals surface area contributed by atoms with Crippen molar-refractivity contribution >= 4 is 45.9 Å². The number of halogens is 1. The third-order valence-corrected chi connectivity index (χ3v) is 15.4. The van der Waals surface area contributed by atoms with Crippen LogP contribution in [0.15, 0.2) is 146 Å². The number of hydrogen-bond acceptors (Lipinski definition) is 3. The summed E-state index contributed by atoms with van der Waals surface area (Å²) in [5.74, 6) is 1.03. The minimum atomic E-state index is -2.69. The van der Waals surface area contributed by atoms with E-state index in [-0.39, 0.29) is 11.9 Å². The van der Waals surface area contributed by atoms with Crippen molar-refractivity contribution in [3.05, 3.63) is 157 Å². The lowest BCUT2D eigenvalue weighted by Crippen LogP contribution is -2.74. The molecule has 1 atom stereocenters. The largest absolute Gasteiger partial charge is 0.319 e. The first-order valence-electron chi connectivity index (χ1n) is 19.0. The first-order valence-corrected chi connectivity index (χ1v) is 22.4. The molecule has 274 valence electrons. The van der Waals surface area contributed by atoms with Crippen molar-refractivity contribution in [3.63, 3.8) is 0 Å². The predicted molar refractivity (Wildman–Crippen MR) is 225 cm³/mol. The highest BCUT2D eigenvalue weighted by atomic mass is 32.7. The van der Waals surface area contributed by atoms with Gasteiger partial charge in [0.1, 0.15) is 18.5 Å². The Morgan fingerprint density at radius 1 is 0.654 bits per heavy atom. The van der Waals surface area contributed by atoms with Gasteiger partial charge in [-0.15, -0.1) is 0 Å². The van der Waals surface area contributed by atoms with Crippen molar-refractivity contribution < 1.29 is 18.0 Å². The lowest BCUT2D eigenvalue weighted by Gasteiger charge is -2.44. The van der Waals surface area contributed by atoms with Crippen LogP contribution in [0.4, 0.5) is 4.39 Å². The van der Waals surface area contributed by atoms with Gasteiger partial charge in [0.05, 0.1) is 31.5 Å². The molecule has 1 heterocycles. The van der Waals surface area contributed by atoms with Crippen molar-refractivity contribution in [2.45, 2.75) is 59.6 Å². The Hall–Kier alpha value is -3.41. The van der Waals surface area contributed by atoms with E-state index in [2.05, 4.69) is 135 Å². The van der Waals surface area contributed by atoms with Gasteiger partial charge in [-0.25, -0.2) is 4.39 Å². The molecule has 52 heavy (non-hydrogen) atoms. The van der Waals surface area contributed by atoms with Crippen LogP contribution in [0, 0.1) is 11.7 Å². The Labute approximate surface area is 316 Å². The summed E-state index contributed by atoms with van der Waals surface area (Å²) >= 11 is 1.51. The maximum absolute atomic E-state index is 14.2. The zero-order chi connectivity index (χ0) is 36.9. The highest BCUT2D eigenvalue weighted by Crippen LogP contribution is 2.61. The van der Waals surface area contributed by atoms with Gasteiger partial charge in [0, 0.05) is 11.7 Å². The summed E-state index contributed by atoms with van der Waals surface area (Å²) in [4.78, 5) is 0. The second kappa shape index (κ2) is 19.1. The molecule has 0 saturated carbocycles. The molecule has 0 amide bonds. The first-order chi connectivity index (χ1) is 25.2. The van der Waals surface area contributed by atoms with E-state index >= 15 is 0 Å².